The molecule has 0 bridgehead atoms. The van der Waals surface area contributed by atoms with Crippen LogP contribution in [0.15, 0.2) is 42.5 Å². The molecular weight excluding hydrogens is 633 g/mol. The monoisotopic (exact) mass is 704 g/mol. The first-order chi connectivity index (χ1) is 22.2. The molecule has 2 atom stereocenters. The average Bonchev–Trinajstić information content (AvgIpc) is 2.95. The predicted molar refractivity (Wildman–Crippen MR) is 209 cm³/mol. The number of esters is 2. The minimum absolute atomic E-state index is 0.134. The zero-order valence-corrected chi connectivity index (χ0v) is 35.0. The molecular formula is C40H72O6Si2. The summed E-state index contributed by atoms with van der Waals surface area (Å²) in [6.45, 7) is 28.5. The molecule has 1 rings (SSSR count). The molecule has 0 aliphatic rings. The Morgan fingerprint density at radius 2 is 1.31 bits per heavy atom. The standard InChI is InChI=1S/C28H42O5.C12H30OSi2/c1-4-5-6-7-8-9-18-27(32-23(2)30)19-11-10-15-25-16-14-17-26(22-25)28(33-24(3)31)20-12-13-21-29;1-11(2,3)14(7,8)13-15(9,10)12(4,5)6/h10-11,14-17,19,22,27-29H,4-9,12-13,18,20-21H2,1-3H3;1-10H3. The van der Waals surface area contributed by atoms with Crippen LogP contribution in [0.25, 0.3) is 6.08 Å². The Bertz CT molecular complexity index is 1090. The molecule has 1 aromatic carbocycles. The van der Waals surface area contributed by atoms with Crippen molar-refractivity contribution in [3.05, 3.63) is 53.6 Å². The van der Waals surface area contributed by atoms with Crippen LogP contribution in [0, 0.1) is 0 Å². The summed E-state index contributed by atoms with van der Waals surface area (Å²) in [5, 5.41) is 9.67. The van der Waals surface area contributed by atoms with E-state index in [1.165, 1.54) is 39.5 Å². The molecule has 0 fully saturated rings. The summed E-state index contributed by atoms with van der Waals surface area (Å²) in [5.41, 5.74) is 1.94. The fourth-order valence-corrected chi connectivity index (χ4v) is 12.2. The zero-order valence-electron chi connectivity index (χ0n) is 33.0. The predicted octanol–water partition coefficient (Wildman–Crippen LogP) is 11.7. The average molecular weight is 705 g/mol. The minimum atomic E-state index is -1.59. The summed E-state index contributed by atoms with van der Waals surface area (Å²) >= 11 is 0. The summed E-state index contributed by atoms with van der Waals surface area (Å²) in [6, 6.07) is 7.90. The van der Waals surface area contributed by atoms with Crippen molar-refractivity contribution in [3.63, 3.8) is 0 Å². The fraction of sp³-hybridized carbons (Fsp3) is 0.700. The first-order valence-electron chi connectivity index (χ1n) is 18.3. The summed E-state index contributed by atoms with van der Waals surface area (Å²) in [6.07, 6.45) is 17.5. The van der Waals surface area contributed by atoms with Gasteiger partial charge in [-0.1, -0.05) is 117 Å². The van der Waals surface area contributed by atoms with E-state index in [1.54, 1.807) is 0 Å². The number of rotatable bonds is 19. The fourth-order valence-electron chi connectivity index (χ4n) is 4.63. The van der Waals surface area contributed by atoms with Gasteiger partial charge in [-0.25, -0.2) is 0 Å². The lowest BCUT2D eigenvalue weighted by atomic mass is 10.0. The number of ether oxygens (including phenoxy) is 2. The topological polar surface area (TPSA) is 82.1 Å². The molecule has 0 aliphatic heterocycles. The molecule has 1 aromatic rings. The summed E-state index contributed by atoms with van der Waals surface area (Å²) in [4.78, 5) is 22.9. The molecule has 8 heteroatoms. The van der Waals surface area contributed by atoms with Crippen molar-refractivity contribution < 1.29 is 28.3 Å². The van der Waals surface area contributed by atoms with Crippen molar-refractivity contribution in [3.8, 4) is 0 Å². The first-order valence-corrected chi connectivity index (χ1v) is 24.1. The van der Waals surface area contributed by atoms with Gasteiger partial charge in [-0.2, -0.15) is 0 Å². The summed E-state index contributed by atoms with van der Waals surface area (Å²) in [5.74, 6) is -0.570. The number of allylic oxidation sites excluding steroid dienone is 2. The van der Waals surface area contributed by atoms with E-state index in [4.69, 9.17) is 18.7 Å². The van der Waals surface area contributed by atoms with Gasteiger partial charge in [0.05, 0.1) is 0 Å². The Balaban J connectivity index is 0.00000123. The van der Waals surface area contributed by atoms with Crippen LogP contribution in [-0.2, 0) is 23.2 Å². The van der Waals surface area contributed by atoms with Crippen molar-refractivity contribution in [1.29, 1.82) is 0 Å². The third-order valence-corrected chi connectivity index (χ3v) is 20.8. The van der Waals surface area contributed by atoms with Crippen LogP contribution >= 0.6 is 0 Å². The molecule has 0 saturated carbocycles. The number of aliphatic hydroxyl groups is 1. The lowest BCUT2D eigenvalue weighted by molar-refractivity contribution is -0.147. The Morgan fingerprint density at radius 1 is 0.771 bits per heavy atom. The Labute approximate surface area is 297 Å². The van der Waals surface area contributed by atoms with Crippen LogP contribution in [0.5, 0.6) is 0 Å². The van der Waals surface area contributed by atoms with E-state index in [9.17, 15) is 9.59 Å². The summed E-state index contributed by atoms with van der Waals surface area (Å²) < 4.78 is 17.6. The SMILES string of the molecule is CC(C)(C)[Si](C)(C)O[Si](C)(C)C(C)(C)C.CCCCCCCCC(C=CC=Cc1cccc(C(CCCCO)OC(C)=O)c1)OC(C)=O. The maximum absolute atomic E-state index is 11.5. The van der Waals surface area contributed by atoms with Gasteiger partial charge in [-0.05, 0) is 91.6 Å². The van der Waals surface area contributed by atoms with Gasteiger partial charge in [-0.3, -0.25) is 9.59 Å². The highest BCUT2D eigenvalue weighted by Gasteiger charge is 2.46. The molecule has 0 radical (unpaired) electrons. The number of carbonyl (C=O) groups is 2. The highest BCUT2D eigenvalue weighted by molar-refractivity contribution is 6.87. The number of carbonyl (C=O) groups excluding carboxylic acids is 2. The number of unbranched alkanes of at least 4 members (excludes halogenated alkanes) is 6. The normalized spacial score (nSPS) is 14.0. The lowest BCUT2D eigenvalue weighted by Crippen LogP contribution is -2.53. The third kappa shape index (κ3) is 19.9. The Kier molecular flexibility index (Phi) is 21.7. The third-order valence-electron chi connectivity index (χ3n) is 9.47. The molecule has 48 heavy (non-hydrogen) atoms. The highest BCUT2D eigenvalue weighted by Crippen LogP contribution is 2.44. The summed E-state index contributed by atoms with van der Waals surface area (Å²) in [7, 11) is -3.18. The van der Waals surface area contributed by atoms with Crippen LogP contribution in [0.4, 0.5) is 0 Å². The number of aliphatic hydroxyl groups excluding tert-OH is 1. The minimum Gasteiger partial charge on any atom is -0.458 e. The molecule has 0 heterocycles. The lowest BCUT2D eigenvalue weighted by Gasteiger charge is -2.47. The second kappa shape index (κ2) is 22.7. The van der Waals surface area contributed by atoms with Crippen LogP contribution in [0.1, 0.15) is 144 Å². The largest absolute Gasteiger partial charge is 0.458 e. The van der Waals surface area contributed by atoms with Crippen LogP contribution in [0.2, 0.25) is 36.3 Å². The van der Waals surface area contributed by atoms with Gasteiger partial charge in [0.1, 0.15) is 12.2 Å². The maximum atomic E-state index is 11.5. The smallest absolute Gasteiger partial charge is 0.303 e. The van der Waals surface area contributed by atoms with Gasteiger partial charge in [0.2, 0.25) is 0 Å². The maximum Gasteiger partial charge on any atom is 0.303 e. The molecule has 2 unspecified atom stereocenters. The van der Waals surface area contributed by atoms with E-state index in [2.05, 4.69) is 74.7 Å². The van der Waals surface area contributed by atoms with Crippen molar-refractivity contribution >= 4 is 34.6 Å². The van der Waals surface area contributed by atoms with Crippen molar-refractivity contribution in [2.75, 3.05) is 6.61 Å². The van der Waals surface area contributed by atoms with Crippen molar-refractivity contribution in [1.82, 2.24) is 0 Å². The zero-order chi connectivity index (χ0) is 37.0. The van der Waals surface area contributed by atoms with E-state index in [1.807, 2.05) is 48.6 Å². The van der Waals surface area contributed by atoms with Crippen LogP contribution in [0.3, 0.4) is 0 Å². The Hall–Kier alpha value is -2.01. The number of hydrogen-bond acceptors (Lipinski definition) is 6. The first kappa shape index (κ1) is 46.0. The molecule has 0 spiro atoms. The van der Waals surface area contributed by atoms with Gasteiger partial charge in [0.25, 0.3) is 0 Å². The van der Waals surface area contributed by atoms with Crippen molar-refractivity contribution in [2.24, 2.45) is 0 Å². The van der Waals surface area contributed by atoms with Crippen LogP contribution < -0.4 is 0 Å². The number of hydrogen-bond donors (Lipinski definition) is 1. The molecule has 276 valence electrons. The van der Waals surface area contributed by atoms with Gasteiger partial charge < -0.3 is 18.7 Å². The molecule has 6 nitrogen and oxygen atoms in total. The molecule has 0 amide bonds. The highest BCUT2D eigenvalue weighted by atomic mass is 28.4. The second-order valence-corrected chi connectivity index (χ2v) is 25.9. The molecule has 0 aliphatic carbocycles. The van der Waals surface area contributed by atoms with Crippen molar-refractivity contribution in [2.45, 2.75) is 175 Å². The number of benzene rings is 1. The van der Waals surface area contributed by atoms with Gasteiger partial charge >= 0.3 is 11.9 Å². The molecule has 0 aromatic heterocycles. The van der Waals surface area contributed by atoms with E-state index in [0.29, 0.717) is 22.9 Å². The van der Waals surface area contributed by atoms with Gasteiger partial charge in [0.15, 0.2) is 16.6 Å². The molecule has 1 N–H and O–H groups in total. The van der Waals surface area contributed by atoms with E-state index in [-0.39, 0.29) is 30.8 Å². The quantitative estimate of drug-likeness (QED) is 0.0668. The Morgan fingerprint density at radius 3 is 1.83 bits per heavy atom. The van der Waals surface area contributed by atoms with Gasteiger partial charge in [0, 0.05) is 20.5 Å². The molecule has 0 saturated heterocycles. The van der Waals surface area contributed by atoms with Crippen LogP contribution in [-0.4, -0.2) is 46.4 Å². The van der Waals surface area contributed by atoms with E-state index >= 15 is 0 Å². The van der Waals surface area contributed by atoms with E-state index in [0.717, 1.165) is 36.8 Å². The van der Waals surface area contributed by atoms with Gasteiger partial charge in [-0.15, -0.1) is 0 Å². The second-order valence-electron chi connectivity index (χ2n) is 16.1. The van der Waals surface area contributed by atoms with E-state index < -0.39 is 16.6 Å².